The topological polar surface area (TPSA) is 69.6 Å². The number of aromatic carboxylic acids is 1. The van der Waals surface area contributed by atoms with Crippen molar-refractivity contribution in [1.82, 2.24) is 15.1 Å². The quantitative estimate of drug-likeness (QED) is 0.848. The number of carboxylic acids is 1. The van der Waals surface area contributed by atoms with Crippen molar-refractivity contribution in [3.8, 4) is 0 Å². The molecule has 0 saturated carbocycles. The molecule has 0 bridgehead atoms. The number of hydrogen-bond acceptors (Lipinski definition) is 5. The molecular weight excluding hydrogens is 232 g/mol. The summed E-state index contributed by atoms with van der Waals surface area (Å²) in [6.07, 6.45) is 2.43. The zero-order chi connectivity index (χ0) is 13.1. The fourth-order valence-corrected chi connectivity index (χ4v) is 2.26. The zero-order valence-electron chi connectivity index (χ0n) is 10.7. The van der Waals surface area contributed by atoms with Crippen LogP contribution in [0.15, 0.2) is 12.1 Å². The van der Waals surface area contributed by atoms with E-state index in [0.717, 1.165) is 13.1 Å². The van der Waals surface area contributed by atoms with Crippen molar-refractivity contribution in [3.63, 3.8) is 0 Å². The summed E-state index contributed by atoms with van der Waals surface area (Å²) in [4.78, 5) is 15.0. The predicted molar refractivity (Wildman–Crippen MR) is 67.9 cm³/mol. The third kappa shape index (κ3) is 2.76. The first-order valence-corrected chi connectivity index (χ1v) is 6.06. The summed E-state index contributed by atoms with van der Waals surface area (Å²) in [7, 11) is 4.08. The molecule has 6 heteroatoms. The first-order chi connectivity index (χ1) is 8.58. The van der Waals surface area contributed by atoms with E-state index >= 15 is 0 Å². The maximum absolute atomic E-state index is 10.7. The SMILES string of the molecule is CN(CC1CCCN1C)c1ccc(C(=O)O)nn1. The number of aromatic nitrogens is 2. The fraction of sp³-hybridized carbons (Fsp3) is 0.583. The lowest BCUT2D eigenvalue weighted by Crippen LogP contribution is -2.37. The number of nitrogens with zero attached hydrogens (tertiary/aromatic N) is 4. The van der Waals surface area contributed by atoms with Gasteiger partial charge in [0.25, 0.3) is 0 Å². The fourth-order valence-electron chi connectivity index (χ4n) is 2.26. The monoisotopic (exact) mass is 250 g/mol. The van der Waals surface area contributed by atoms with Gasteiger partial charge in [0.05, 0.1) is 0 Å². The van der Waals surface area contributed by atoms with Gasteiger partial charge in [0.2, 0.25) is 0 Å². The number of carboxylic acid groups (broad SMARTS) is 1. The van der Waals surface area contributed by atoms with Crippen LogP contribution in [0.25, 0.3) is 0 Å². The van der Waals surface area contributed by atoms with E-state index in [1.807, 2.05) is 11.9 Å². The molecule has 1 aromatic rings. The molecule has 1 N–H and O–H groups in total. The van der Waals surface area contributed by atoms with E-state index in [4.69, 9.17) is 5.11 Å². The Morgan fingerprint density at radius 2 is 2.33 bits per heavy atom. The molecule has 0 aliphatic carbocycles. The van der Waals surface area contributed by atoms with Crippen molar-refractivity contribution in [1.29, 1.82) is 0 Å². The van der Waals surface area contributed by atoms with Gasteiger partial charge in [0, 0.05) is 19.6 Å². The molecule has 0 radical (unpaired) electrons. The minimum atomic E-state index is -1.05. The summed E-state index contributed by atoms with van der Waals surface area (Å²) in [6.45, 7) is 2.03. The highest BCUT2D eigenvalue weighted by atomic mass is 16.4. The van der Waals surface area contributed by atoms with Gasteiger partial charge < -0.3 is 14.9 Å². The number of anilines is 1. The Hall–Kier alpha value is -1.69. The predicted octanol–water partition coefficient (Wildman–Crippen LogP) is 0.705. The highest BCUT2D eigenvalue weighted by Gasteiger charge is 2.22. The first-order valence-electron chi connectivity index (χ1n) is 6.06. The van der Waals surface area contributed by atoms with Crippen LogP contribution in [0, 0.1) is 0 Å². The number of likely N-dealkylation sites (N-methyl/N-ethyl adjacent to an activating group) is 2. The largest absolute Gasteiger partial charge is 0.476 e. The standard InChI is InChI=1S/C12H18N4O2/c1-15-7-3-4-9(15)8-16(2)11-6-5-10(12(17)18)13-14-11/h5-6,9H,3-4,7-8H2,1-2H3,(H,17,18). The van der Waals surface area contributed by atoms with Crippen LogP contribution in [0.3, 0.4) is 0 Å². The molecule has 0 spiro atoms. The van der Waals surface area contributed by atoms with Gasteiger partial charge in [-0.3, -0.25) is 0 Å². The van der Waals surface area contributed by atoms with E-state index in [1.165, 1.54) is 18.9 Å². The third-order valence-electron chi connectivity index (χ3n) is 3.42. The van der Waals surface area contributed by atoms with Crippen LogP contribution in [-0.4, -0.2) is 59.4 Å². The van der Waals surface area contributed by atoms with Crippen molar-refractivity contribution >= 4 is 11.8 Å². The van der Waals surface area contributed by atoms with Crippen molar-refractivity contribution in [2.24, 2.45) is 0 Å². The lowest BCUT2D eigenvalue weighted by molar-refractivity contribution is 0.0689. The number of rotatable bonds is 4. The molecule has 0 amide bonds. The molecule has 6 nitrogen and oxygen atoms in total. The second-order valence-corrected chi connectivity index (χ2v) is 4.74. The lowest BCUT2D eigenvalue weighted by atomic mass is 10.2. The Labute approximate surface area is 106 Å². The lowest BCUT2D eigenvalue weighted by Gasteiger charge is -2.26. The summed E-state index contributed by atoms with van der Waals surface area (Å²) in [5.74, 6) is -0.340. The highest BCUT2D eigenvalue weighted by Crippen LogP contribution is 2.17. The van der Waals surface area contributed by atoms with Crippen LogP contribution >= 0.6 is 0 Å². The van der Waals surface area contributed by atoms with Crippen LogP contribution in [0.5, 0.6) is 0 Å². The first kappa shape index (κ1) is 12.8. The molecule has 0 aromatic carbocycles. The molecule has 18 heavy (non-hydrogen) atoms. The Morgan fingerprint density at radius 3 is 2.83 bits per heavy atom. The maximum Gasteiger partial charge on any atom is 0.356 e. The summed E-state index contributed by atoms with van der Waals surface area (Å²) in [5, 5.41) is 16.4. The maximum atomic E-state index is 10.7. The number of carbonyl (C=O) groups is 1. The van der Waals surface area contributed by atoms with E-state index in [-0.39, 0.29) is 5.69 Å². The summed E-state index contributed by atoms with van der Waals surface area (Å²) in [6, 6.07) is 3.72. The van der Waals surface area contributed by atoms with Gasteiger partial charge in [-0.2, -0.15) is 0 Å². The van der Waals surface area contributed by atoms with Gasteiger partial charge in [0.15, 0.2) is 11.5 Å². The summed E-state index contributed by atoms with van der Waals surface area (Å²) in [5.41, 5.74) is -0.0230. The Bertz CT molecular complexity index is 421. The molecule has 1 aliphatic rings. The van der Waals surface area contributed by atoms with Crippen LogP contribution in [0.1, 0.15) is 23.3 Å². The second kappa shape index (κ2) is 5.30. The summed E-state index contributed by atoms with van der Waals surface area (Å²) >= 11 is 0. The van der Waals surface area contributed by atoms with E-state index in [2.05, 4.69) is 22.1 Å². The van der Waals surface area contributed by atoms with Crippen molar-refractivity contribution in [2.75, 3.05) is 32.1 Å². The molecule has 1 atom stereocenters. The normalized spacial score (nSPS) is 20.0. The van der Waals surface area contributed by atoms with Crippen LogP contribution < -0.4 is 4.90 Å². The molecule has 2 heterocycles. The van der Waals surface area contributed by atoms with E-state index in [0.29, 0.717) is 11.9 Å². The number of hydrogen-bond donors (Lipinski definition) is 1. The Kier molecular flexibility index (Phi) is 3.76. The van der Waals surface area contributed by atoms with E-state index in [1.54, 1.807) is 6.07 Å². The van der Waals surface area contributed by atoms with E-state index < -0.39 is 5.97 Å². The molecule has 98 valence electrons. The van der Waals surface area contributed by atoms with Gasteiger partial charge in [-0.1, -0.05) is 0 Å². The Morgan fingerprint density at radius 1 is 1.56 bits per heavy atom. The van der Waals surface area contributed by atoms with Gasteiger partial charge in [-0.15, -0.1) is 10.2 Å². The molecule has 1 saturated heterocycles. The average Bonchev–Trinajstić information content (AvgIpc) is 2.75. The summed E-state index contributed by atoms with van der Waals surface area (Å²) < 4.78 is 0. The van der Waals surface area contributed by atoms with Gasteiger partial charge in [-0.25, -0.2) is 4.79 Å². The van der Waals surface area contributed by atoms with E-state index in [9.17, 15) is 4.79 Å². The second-order valence-electron chi connectivity index (χ2n) is 4.74. The molecule has 1 unspecified atom stereocenters. The highest BCUT2D eigenvalue weighted by molar-refractivity contribution is 5.85. The van der Waals surface area contributed by atoms with Gasteiger partial charge >= 0.3 is 5.97 Å². The van der Waals surface area contributed by atoms with Gasteiger partial charge in [-0.05, 0) is 38.6 Å². The molecule has 2 rings (SSSR count). The zero-order valence-corrected chi connectivity index (χ0v) is 10.7. The molecule has 1 aliphatic heterocycles. The minimum absolute atomic E-state index is 0.0230. The van der Waals surface area contributed by atoms with Gasteiger partial charge in [0.1, 0.15) is 0 Å². The Balaban J connectivity index is 2.00. The average molecular weight is 250 g/mol. The van der Waals surface area contributed by atoms with Crippen molar-refractivity contribution in [2.45, 2.75) is 18.9 Å². The third-order valence-corrected chi connectivity index (χ3v) is 3.42. The van der Waals surface area contributed by atoms with Crippen LogP contribution in [0.2, 0.25) is 0 Å². The minimum Gasteiger partial charge on any atom is -0.476 e. The van der Waals surface area contributed by atoms with Crippen molar-refractivity contribution in [3.05, 3.63) is 17.8 Å². The number of likely N-dealkylation sites (tertiary alicyclic amines) is 1. The molecule has 1 aromatic heterocycles. The molecular formula is C12H18N4O2. The smallest absolute Gasteiger partial charge is 0.356 e. The van der Waals surface area contributed by atoms with Crippen LogP contribution in [0.4, 0.5) is 5.82 Å². The van der Waals surface area contributed by atoms with Crippen molar-refractivity contribution < 1.29 is 9.90 Å². The van der Waals surface area contributed by atoms with Crippen LogP contribution in [-0.2, 0) is 0 Å². The molecule has 1 fully saturated rings.